The largest absolute Gasteiger partial charge is 0.374 e. The van der Waals surface area contributed by atoms with Gasteiger partial charge in [-0.15, -0.1) is 0 Å². The Balaban J connectivity index is 2.51. The molecule has 0 spiro atoms. The molecule has 1 atom stereocenters. The van der Waals surface area contributed by atoms with E-state index < -0.39 is 0 Å². The Morgan fingerprint density at radius 1 is 1.29 bits per heavy atom. The maximum Gasteiger partial charge on any atom is 0.0731 e. The Kier molecular flexibility index (Phi) is 6.17. The van der Waals surface area contributed by atoms with Crippen molar-refractivity contribution in [3.05, 3.63) is 33.8 Å². The molecule has 0 fully saturated rings. The summed E-state index contributed by atoms with van der Waals surface area (Å²) in [5.74, 6) is 0.674. The van der Waals surface area contributed by atoms with E-state index in [1.165, 1.54) is 5.56 Å². The smallest absolute Gasteiger partial charge is 0.0731 e. The summed E-state index contributed by atoms with van der Waals surface area (Å²) in [6.45, 7) is 7.78. The molecular weight excluding hydrogens is 278 g/mol. The van der Waals surface area contributed by atoms with Gasteiger partial charge >= 0.3 is 0 Å². The summed E-state index contributed by atoms with van der Waals surface area (Å²) in [7, 11) is 0. The molecule has 0 aliphatic rings. The number of rotatable bonds is 6. The van der Waals surface area contributed by atoms with Crippen molar-refractivity contribution in [2.45, 2.75) is 46.4 Å². The molecule has 0 amide bonds. The molecule has 0 aromatic heterocycles. The second-order valence-corrected chi connectivity index (χ2v) is 5.74. The molecule has 0 aliphatic carbocycles. The molecule has 3 heteroatoms. The van der Waals surface area contributed by atoms with Crippen molar-refractivity contribution in [3.63, 3.8) is 0 Å². The molecule has 0 aliphatic heterocycles. The highest BCUT2D eigenvalue weighted by molar-refractivity contribution is 9.10. The lowest BCUT2D eigenvalue weighted by Gasteiger charge is -2.16. The monoisotopic (exact) mass is 299 g/mol. The zero-order valence-corrected chi connectivity index (χ0v) is 12.5. The highest BCUT2D eigenvalue weighted by Crippen LogP contribution is 2.20. The second kappa shape index (κ2) is 7.14. The molecule has 2 N–H and O–H groups in total. The van der Waals surface area contributed by atoms with Crippen LogP contribution in [0.5, 0.6) is 0 Å². The Bertz CT molecular complexity index is 352. The lowest BCUT2D eigenvalue weighted by Crippen LogP contribution is -2.11. The van der Waals surface area contributed by atoms with Gasteiger partial charge in [0.2, 0.25) is 0 Å². The lowest BCUT2D eigenvalue weighted by molar-refractivity contribution is 0.0394. The number of benzene rings is 1. The van der Waals surface area contributed by atoms with Crippen LogP contribution in [0.25, 0.3) is 0 Å². The average Bonchev–Trinajstić information content (AvgIpc) is 2.26. The van der Waals surface area contributed by atoms with E-state index in [2.05, 4.69) is 54.9 Å². The predicted octanol–water partition coefficient (Wildman–Crippen LogP) is 3.86. The first kappa shape index (κ1) is 14.7. The van der Waals surface area contributed by atoms with Crippen molar-refractivity contribution < 1.29 is 4.74 Å². The Labute approximate surface area is 113 Å². The van der Waals surface area contributed by atoms with Crippen molar-refractivity contribution in [1.82, 2.24) is 0 Å². The van der Waals surface area contributed by atoms with E-state index in [4.69, 9.17) is 10.5 Å². The first-order valence-electron chi connectivity index (χ1n) is 6.12. The van der Waals surface area contributed by atoms with Gasteiger partial charge in [0.1, 0.15) is 0 Å². The Morgan fingerprint density at radius 2 is 2.00 bits per heavy atom. The summed E-state index contributed by atoms with van der Waals surface area (Å²) >= 11 is 3.55. The van der Waals surface area contributed by atoms with E-state index in [1.54, 1.807) is 0 Å². The summed E-state index contributed by atoms with van der Waals surface area (Å²) in [4.78, 5) is 0. The van der Waals surface area contributed by atoms with Crippen molar-refractivity contribution in [3.8, 4) is 0 Å². The van der Waals surface area contributed by atoms with Crippen molar-refractivity contribution >= 4 is 15.9 Å². The summed E-state index contributed by atoms with van der Waals surface area (Å²) in [5.41, 5.74) is 7.91. The van der Waals surface area contributed by atoms with Crippen molar-refractivity contribution in [2.75, 3.05) is 0 Å². The van der Waals surface area contributed by atoms with Gasteiger partial charge in [-0.05, 0) is 36.5 Å². The predicted molar refractivity (Wildman–Crippen MR) is 75.7 cm³/mol. The molecular formula is C14H22BrNO. The molecule has 1 aromatic carbocycles. The molecule has 0 bridgehead atoms. The first-order valence-corrected chi connectivity index (χ1v) is 6.91. The van der Waals surface area contributed by atoms with Crippen LogP contribution in [0.4, 0.5) is 0 Å². The SMILES string of the molecule is CC(C)CC(C)OCc1ccc(CN)cc1Br. The minimum atomic E-state index is 0.302. The third-order valence-electron chi connectivity index (χ3n) is 2.68. The van der Waals surface area contributed by atoms with E-state index in [1.807, 2.05) is 0 Å². The van der Waals surface area contributed by atoms with E-state index in [0.717, 1.165) is 16.5 Å². The fraction of sp³-hybridized carbons (Fsp3) is 0.571. The normalized spacial score (nSPS) is 13.1. The van der Waals surface area contributed by atoms with Crippen LogP contribution in [0, 0.1) is 5.92 Å². The van der Waals surface area contributed by atoms with Crippen LogP contribution in [0.15, 0.2) is 22.7 Å². The molecule has 0 saturated heterocycles. The third-order valence-corrected chi connectivity index (χ3v) is 3.42. The van der Waals surface area contributed by atoms with Gasteiger partial charge < -0.3 is 10.5 Å². The van der Waals surface area contributed by atoms with Crippen LogP contribution in [0.1, 0.15) is 38.3 Å². The first-order chi connectivity index (χ1) is 8.02. The van der Waals surface area contributed by atoms with Gasteiger partial charge in [0.05, 0.1) is 12.7 Å². The maximum absolute atomic E-state index is 5.83. The summed E-state index contributed by atoms with van der Waals surface area (Å²) < 4.78 is 6.91. The summed E-state index contributed by atoms with van der Waals surface area (Å²) in [5, 5.41) is 0. The van der Waals surface area contributed by atoms with Gasteiger partial charge in [0.25, 0.3) is 0 Å². The molecule has 1 unspecified atom stereocenters. The van der Waals surface area contributed by atoms with Crippen LogP contribution in [-0.2, 0) is 17.9 Å². The van der Waals surface area contributed by atoms with Gasteiger partial charge in [-0.25, -0.2) is 0 Å². The van der Waals surface area contributed by atoms with Crippen LogP contribution in [0.2, 0.25) is 0 Å². The van der Waals surface area contributed by atoms with Crippen LogP contribution in [-0.4, -0.2) is 6.10 Å². The number of ether oxygens (including phenoxy) is 1. The van der Waals surface area contributed by atoms with Crippen molar-refractivity contribution in [1.29, 1.82) is 0 Å². The van der Waals surface area contributed by atoms with Crippen LogP contribution in [0.3, 0.4) is 0 Å². The highest BCUT2D eigenvalue weighted by Gasteiger charge is 2.07. The molecule has 0 saturated carbocycles. The number of nitrogens with two attached hydrogens (primary N) is 1. The van der Waals surface area contributed by atoms with Crippen molar-refractivity contribution in [2.24, 2.45) is 11.7 Å². The third kappa shape index (κ3) is 5.19. The minimum absolute atomic E-state index is 0.302. The van der Waals surface area contributed by atoms with E-state index in [0.29, 0.717) is 25.2 Å². The Hall–Kier alpha value is -0.380. The fourth-order valence-electron chi connectivity index (χ4n) is 1.80. The van der Waals surface area contributed by atoms with Crippen LogP contribution >= 0.6 is 15.9 Å². The van der Waals surface area contributed by atoms with E-state index in [9.17, 15) is 0 Å². The standard InChI is InChI=1S/C14H22BrNO/c1-10(2)6-11(3)17-9-13-5-4-12(8-16)7-14(13)15/h4-5,7,10-11H,6,8-9,16H2,1-3H3. The summed E-state index contributed by atoms with van der Waals surface area (Å²) in [6, 6.07) is 6.19. The zero-order valence-electron chi connectivity index (χ0n) is 10.9. The lowest BCUT2D eigenvalue weighted by atomic mass is 10.1. The maximum atomic E-state index is 5.83. The zero-order chi connectivity index (χ0) is 12.8. The van der Waals surface area contributed by atoms with E-state index in [-0.39, 0.29) is 0 Å². The number of halogens is 1. The quantitative estimate of drug-likeness (QED) is 0.866. The fourth-order valence-corrected chi connectivity index (χ4v) is 2.34. The van der Waals surface area contributed by atoms with Gasteiger partial charge in [-0.2, -0.15) is 0 Å². The van der Waals surface area contributed by atoms with Gasteiger partial charge in [-0.3, -0.25) is 0 Å². The van der Waals surface area contributed by atoms with E-state index >= 15 is 0 Å². The molecule has 2 nitrogen and oxygen atoms in total. The average molecular weight is 300 g/mol. The Morgan fingerprint density at radius 3 is 2.53 bits per heavy atom. The molecule has 1 aromatic rings. The molecule has 17 heavy (non-hydrogen) atoms. The van der Waals surface area contributed by atoms with Gasteiger partial charge in [0.15, 0.2) is 0 Å². The molecule has 0 heterocycles. The molecule has 1 rings (SSSR count). The second-order valence-electron chi connectivity index (χ2n) is 4.88. The topological polar surface area (TPSA) is 35.2 Å². The molecule has 96 valence electrons. The summed E-state index contributed by atoms with van der Waals surface area (Å²) in [6.07, 6.45) is 1.40. The van der Waals surface area contributed by atoms with Gasteiger partial charge in [-0.1, -0.05) is 41.9 Å². The van der Waals surface area contributed by atoms with Crippen LogP contribution < -0.4 is 5.73 Å². The highest BCUT2D eigenvalue weighted by atomic mass is 79.9. The molecule has 0 radical (unpaired) electrons. The number of hydrogen-bond acceptors (Lipinski definition) is 2. The number of hydrogen-bond donors (Lipinski definition) is 1. The minimum Gasteiger partial charge on any atom is -0.374 e. The van der Waals surface area contributed by atoms with Gasteiger partial charge in [0, 0.05) is 11.0 Å².